The average Bonchev–Trinajstić information content (AvgIpc) is 2.79. The Labute approximate surface area is 98.6 Å². The molecule has 0 unspecified atom stereocenters. The van der Waals surface area contributed by atoms with Crippen molar-refractivity contribution in [2.24, 2.45) is 5.92 Å². The Morgan fingerprint density at radius 1 is 1.38 bits per heavy atom. The second-order valence-electron chi connectivity index (χ2n) is 5.33. The summed E-state index contributed by atoms with van der Waals surface area (Å²) in [5, 5.41) is 3.32. The molecule has 1 aliphatic heterocycles. The van der Waals surface area contributed by atoms with Crippen LogP contribution in [0.3, 0.4) is 0 Å². The van der Waals surface area contributed by atoms with Crippen LogP contribution >= 0.6 is 0 Å². The lowest BCUT2D eigenvalue weighted by molar-refractivity contribution is -0.134. The van der Waals surface area contributed by atoms with Crippen molar-refractivity contribution in [3.8, 4) is 0 Å². The van der Waals surface area contributed by atoms with Gasteiger partial charge in [0.15, 0.2) is 0 Å². The highest BCUT2D eigenvalue weighted by atomic mass is 16.2. The Balaban J connectivity index is 1.73. The number of rotatable bonds is 3. The van der Waals surface area contributed by atoms with Crippen molar-refractivity contribution in [3.05, 3.63) is 0 Å². The smallest absolute Gasteiger partial charge is 0.222 e. The van der Waals surface area contributed by atoms with E-state index in [0.717, 1.165) is 38.4 Å². The maximum Gasteiger partial charge on any atom is 0.222 e. The maximum atomic E-state index is 12.1. The monoisotopic (exact) mass is 224 g/mol. The molecule has 3 nitrogen and oxygen atoms in total. The molecule has 2 fully saturated rings. The Morgan fingerprint density at radius 2 is 2.12 bits per heavy atom. The van der Waals surface area contributed by atoms with Crippen LogP contribution in [0.1, 0.15) is 45.4 Å². The fourth-order valence-electron chi connectivity index (χ4n) is 2.98. The number of nitrogens with zero attached hydrogens (tertiary/aromatic N) is 1. The summed E-state index contributed by atoms with van der Waals surface area (Å²) >= 11 is 0. The summed E-state index contributed by atoms with van der Waals surface area (Å²) in [5.74, 6) is 1.21. The first-order valence-electron chi connectivity index (χ1n) is 6.77. The standard InChI is InChI=1S/C13H24N2O/c1-11-10-14-8-9-15(11)13(16)7-6-12-4-2-3-5-12/h11-12,14H,2-10H2,1H3/t11-/m1/s1. The molecule has 16 heavy (non-hydrogen) atoms. The van der Waals surface area contributed by atoms with Crippen LogP contribution in [-0.2, 0) is 4.79 Å². The molecule has 92 valence electrons. The topological polar surface area (TPSA) is 32.3 Å². The highest BCUT2D eigenvalue weighted by molar-refractivity contribution is 5.76. The molecule has 1 N–H and O–H groups in total. The van der Waals surface area contributed by atoms with Crippen molar-refractivity contribution in [3.63, 3.8) is 0 Å². The maximum absolute atomic E-state index is 12.1. The third-order valence-corrected chi connectivity index (χ3v) is 4.06. The van der Waals surface area contributed by atoms with E-state index >= 15 is 0 Å². The van der Waals surface area contributed by atoms with Crippen LogP contribution in [0.15, 0.2) is 0 Å². The van der Waals surface area contributed by atoms with E-state index in [0.29, 0.717) is 11.9 Å². The first kappa shape index (κ1) is 11.9. The van der Waals surface area contributed by atoms with Gasteiger partial charge in [-0.15, -0.1) is 0 Å². The van der Waals surface area contributed by atoms with Gasteiger partial charge in [-0.1, -0.05) is 25.7 Å². The van der Waals surface area contributed by atoms with Crippen molar-refractivity contribution < 1.29 is 4.79 Å². The van der Waals surface area contributed by atoms with E-state index in [-0.39, 0.29) is 0 Å². The summed E-state index contributed by atoms with van der Waals surface area (Å²) < 4.78 is 0. The summed E-state index contributed by atoms with van der Waals surface area (Å²) in [4.78, 5) is 14.1. The van der Waals surface area contributed by atoms with Crippen LogP contribution in [0.25, 0.3) is 0 Å². The summed E-state index contributed by atoms with van der Waals surface area (Å²) in [6.07, 6.45) is 7.35. The molecule has 0 aromatic carbocycles. The molecular weight excluding hydrogens is 200 g/mol. The van der Waals surface area contributed by atoms with E-state index in [9.17, 15) is 4.79 Å². The highest BCUT2D eigenvalue weighted by Crippen LogP contribution is 2.28. The normalized spacial score (nSPS) is 27.3. The molecule has 1 saturated carbocycles. The summed E-state index contributed by atoms with van der Waals surface area (Å²) in [6.45, 7) is 4.94. The zero-order chi connectivity index (χ0) is 11.4. The zero-order valence-electron chi connectivity index (χ0n) is 10.4. The first-order chi connectivity index (χ1) is 7.77. The van der Waals surface area contributed by atoms with Crippen molar-refractivity contribution in [2.75, 3.05) is 19.6 Å². The van der Waals surface area contributed by atoms with Gasteiger partial charge in [0.25, 0.3) is 0 Å². The van der Waals surface area contributed by atoms with Crippen LogP contribution in [0.4, 0.5) is 0 Å². The first-order valence-corrected chi connectivity index (χ1v) is 6.77. The number of hydrogen-bond acceptors (Lipinski definition) is 2. The molecule has 1 aliphatic carbocycles. The minimum absolute atomic E-state index is 0.376. The third kappa shape index (κ3) is 2.97. The van der Waals surface area contributed by atoms with Crippen LogP contribution in [0, 0.1) is 5.92 Å². The Morgan fingerprint density at radius 3 is 2.81 bits per heavy atom. The van der Waals surface area contributed by atoms with E-state index in [1.54, 1.807) is 0 Å². The van der Waals surface area contributed by atoms with Crippen molar-refractivity contribution in [2.45, 2.75) is 51.5 Å². The van der Waals surface area contributed by atoms with Gasteiger partial charge in [0.2, 0.25) is 5.91 Å². The SMILES string of the molecule is C[C@@H]1CNCCN1C(=O)CCC1CCCC1. The van der Waals surface area contributed by atoms with Crippen LogP contribution in [0.5, 0.6) is 0 Å². The second kappa shape index (κ2) is 5.67. The van der Waals surface area contributed by atoms with Crippen molar-refractivity contribution in [1.29, 1.82) is 0 Å². The van der Waals surface area contributed by atoms with Gasteiger partial charge in [-0.2, -0.15) is 0 Å². The minimum Gasteiger partial charge on any atom is -0.337 e. The number of carbonyl (C=O) groups excluding carboxylic acids is 1. The van der Waals surface area contributed by atoms with Gasteiger partial charge in [-0.3, -0.25) is 4.79 Å². The Bertz CT molecular complexity index is 236. The van der Waals surface area contributed by atoms with Gasteiger partial charge in [-0.05, 0) is 19.3 Å². The van der Waals surface area contributed by atoms with E-state index in [1.165, 1.54) is 25.7 Å². The van der Waals surface area contributed by atoms with Gasteiger partial charge in [0, 0.05) is 32.1 Å². The van der Waals surface area contributed by atoms with E-state index in [4.69, 9.17) is 0 Å². The van der Waals surface area contributed by atoms with Crippen LogP contribution in [-0.4, -0.2) is 36.5 Å². The Hall–Kier alpha value is -0.570. The minimum atomic E-state index is 0.376. The molecule has 1 amide bonds. The quantitative estimate of drug-likeness (QED) is 0.792. The molecule has 0 aromatic rings. The van der Waals surface area contributed by atoms with E-state index in [1.807, 2.05) is 0 Å². The van der Waals surface area contributed by atoms with E-state index in [2.05, 4.69) is 17.1 Å². The molecule has 1 atom stereocenters. The molecule has 2 rings (SSSR count). The average molecular weight is 224 g/mol. The highest BCUT2D eigenvalue weighted by Gasteiger charge is 2.24. The van der Waals surface area contributed by atoms with Crippen LogP contribution in [0.2, 0.25) is 0 Å². The van der Waals surface area contributed by atoms with Gasteiger partial charge < -0.3 is 10.2 Å². The van der Waals surface area contributed by atoms with E-state index < -0.39 is 0 Å². The fourth-order valence-corrected chi connectivity index (χ4v) is 2.98. The number of nitrogens with one attached hydrogen (secondary N) is 1. The third-order valence-electron chi connectivity index (χ3n) is 4.06. The lowest BCUT2D eigenvalue weighted by Gasteiger charge is -2.34. The van der Waals surface area contributed by atoms with Crippen LogP contribution < -0.4 is 5.32 Å². The van der Waals surface area contributed by atoms with Gasteiger partial charge in [0.1, 0.15) is 0 Å². The number of carbonyl (C=O) groups is 1. The lowest BCUT2D eigenvalue weighted by Crippen LogP contribution is -2.52. The fraction of sp³-hybridized carbons (Fsp3) is 0.923. The Kier molecular flexibility index (Phi) is 4.22. The second-order valence-corrected chi connectivity index (χ2v) is 5.33. The number of amides is 1. The molecule has 1 heterocycles. The molecule has 2 aliphatic rings. The summed E-state index contributed by atoms with van der Waals surface area (Å²) in [5.41, 5.74) is 0. The lowest BCUT2D eigenvalue weighted by atomic mass is 10.0. The largest absolute Gasteiger partial charge is 0.337 e. The van der Waals surface area contributed by atoms with Gasteiger partial charge in [0.05, 0.1) is 0 Å². The number of piperazine rings is 1. The van der Waals surface area contributed by atoms with Gasteiger partial charge in [-0.25, -0.2) is 0 Å². The molecule has 0 radical (unpaired) electrons. The predicted molar refractivity (Wildman–Crippen MR) is 65.2 cm³/mol. The predicted octanol–water partition coefficient (Wildman–Crippen LogP) is 1.78. The summed E-state index contributed by atoms with van der Waals surface area (Å²) in [7, 11) is 0. The van der Waals surface area contributed by atoms with Crippen molar-refractivity contribution in [1.82, 2.24) is 10.2 Å². The van der Waals surface area contributed by atoms with Gasteiger partial charge >= 0.3 is 0 Å². The molecule has 1 saturated heterocycles. The molecular formula is C13H24N2O. The molecule has 0 aromatic heterocycles. The number of hydrogen-bond donors (Lipinski definition) is 1. The molecule has 0 bridgehead atoms. The molecule has 3 heteroatoms. The van der Waals surface area contributed by atoms with Crippen molar-refractivity contribution >= 4 is 5.91 Å². The zero-order valence-corrected chi connectivity index (χ0v) is 10.4. The summed E-state index contributed by atoms with van der Waals surface area (Å²) in [6, 6.07) is 0.379. The molecule has 0 spiro atoms.